The number of nitrogens with zero attached hydrogens (tertiary/aromatic N) is 1. The molecule has 1 rings (SSSR count). The Balaban J connectivity index is 3.16. The van der Waals surface area contributed by atoms with Gasteiger partial charge in [0.15, 0.2) is 0 Å². The van der Waals surface area contributed by atoms with Crippen molar-refractivity contribution in [2.45, 2.75) is 52.1 Å². The number of aliphatic hydroxyl groups is 1. The molecule has 3 nitrogen and oxygen atoms in total. The number of halogens is 2. The molecule has 0 fully saturated rings. The Bertz CT molecular complexity index is 478. The monoisotopic (exact) mass is 347 g/mol. The normalized spacial score (nSPS) is 21.7. The average Bonchev–Trinajstić information content (AvgIpc) is 2.42. The van der Waals surface area contributed by atoms with E-state index < -0.39 is 11.0 Å². The summed E-state index contributed by atoms with van der Waals surface area (Å²) in [5, 5.41) is 11.2. The second-order valence-corrected chi connectivity index (χ2v) is 7.81. The molecule has 1 aliphatic rings. The molecule has 0 aromatic rings. The van der Waals surface area contributed by atoms with Crippen molar-refractivity contribution in [1.29, 1.82) is 0 Å². The summed E-state index contributed by atoms with van der Waals surface area (Å²) in [6, 6.07) is 0. The lowest BCUT2D eigenvalue weighted by Gasteiger charge is -2.41. The van der Waals surface area contributed by atoms with Gasteiger partial charge in [-0.2, -0.15) is 0 Å². The zero-order chi connectivity index (χ0) is 17.1. The SMILES string of the molecule is CC[C@](CCC(C)(C)O)(C(=O)N(C)C)C1C=CC(Cl)=C(Cl)C1. The standard InChI is InChI=1S/C17H27Cl2NO2/c1-6-17(15(21)20(4)5,10-9-16(2,3)22)12-7-8-13(18)14(19)11-12/h7-8,12,22H,6,9-11H2,1-5H3/t12?,17-/m1/s1. The van der Waals surface area contributed by atoms with Crippen molar-refractivity contribution in [3.8, 4) is 0 Å². The van der Waals surface area contributed by atoms with Gasteiger partial charge in [0, 0.05) is 19.1 Å². The molecule has 2 atom stereocenters. The highest BCUT2D eigenvalue weighted by molar-refractivity contribution is 6.40. The molecule has 0 heterocycles. The number of hydrogen-bond donors (Lipinski definition) is 1. The van der Waals surface area contributed by atoms with Crippen LogP contribution in [-0.2, 0) is 4.79 Å². The van der Waals surface area contributed by atoms with Crippen LogP contribution in [0.5, 0.6) is 0 Å². The van der Waals surface area contributed by atoms with E-state index >= 15 is 0 Å². The van der Waals surface area contributed by atoms with Crippen molar-refractivity contribution in [3.05, 3.63) is 22.2 Å². The lowest BCUT2D eigenvalue weighted by Crippen LogP contribution is -2.46. The number of hydrogen-bond acceptors (Lipinski definition) is 2. The average molecular weight is 348 g/mol. The first-order valence-corrected chi connectivity index (χ1v) is 8.45. The number of rotatable bonds is 6. The summed E-state index contributed by atoms with van der Waals surface area (Å²) >= 11 is 12.3. The van der Waals surface area contributed by atoms with E-state index in [4.69, 9.17) is 23.2 Å². The van der Waals surface area contributed by atoms with Gasteiger partial charge in [-0.3, -0.25) is 4.79 Å². The molecule has 0 bridgehead atoms. The highest BCUT2D eigenvalue weighted by atomic mass is 35.5. The summed E-state index contributed by atoms with van der Waals surface area (Å²) in [5.74, 6) is 0.0705. The molecule has 0 saturated heterocycles. The summed E-state index contributed by atoms with van der Waals surface area (Å²) < 4.78 is 0. The molecule has 22 heavy (non-hydrogen) atoms. The maximum Gasteiger partial charge on any atom is 0.228 e. The Hall–Kier alpha value is -0.510. The molecular weight excluding hydrogens is 321 g/mol. The van der Waals surface area contributed by atoms with E-state index in [0.29, 0.717) is 35.7 Å². The van der Waals surface area contributed by atoms with E-state index in [1.165, 1.54) is 0 Å². The first-order valence-electron chi connectivity index (χ1n) is 7.70. The zero-order valence-corrected chi connectivity index (χ0v) is 15.6. The summed E-state index contributed by atoms with van der Waals surface area (Å²) in [4.78, 5) is 14.6. The minimum absolute atomic E-state index is 0.00949. The van der Waals surface area contributed by atoms with Crippen LogP contribution < -0.4 is 0 Å². The fourth-order valence-corrected chi connectivity index (χ4v) is 3.42. The fraction of sp³-hybridized carbons (Fsp3) is 0.706. The summed E-state index contributed by atoms with van der Waals surface area (Å²) in [6.45, 7) is 5.56. The van der Waals surface area contributed by atoms with Gasteiger partial charge in [0.25, 0.3) is 0 Å². The maximum absolute atomic E-state index is 12.9. The van der Waals surface area contributed by atoms with Crippen molar-refractivity contribution in [2.75, 3.05) is 14.1 Å². The van der Waals surface area contributed by atoms with Crippen LogP contribution in [-0.4, -0.2) is 35.6 Å². The third-order valence-electron chi connectivity index (χ3n) is 4.49. The minimum Gasteiger partial charge on any atom is -0.390 e. The van der Waals surface area contributed by atoms with Crippen molar-refractivity contribution in [2.24, 2.45) is 11.3 Å². The van der Waals surface area contributed by atoms with Gasteiger partial charge < -0.3 is 10.0 Å². The van der Waals surface area contributed by atoms with E-state index in [1.54, 1.807) is 38.9 Å². The van der Waals surface area contributed by atoms with Crippen LogP contribution in [0.2, 0.25) is 0 Å². The molecule has 126 valence electrons. The second kappa shape index (κ2) is 7.37. The number of amides is 1. The van der Waals surface area contributed by atoms with Crippen LogP contribution in [0, 0.1) is 11.3 Å². The molecule has 0 aromatic carbocycles. The molecule has 1 aliphatic carbocycles. The van der Waals surface area contributed by atoms with Crippen LogP contribution in [0.1, 0.15) is 46.5 Å². The molecule has 0 aliphatic heterocycles. The van der Waals surface area contributed by atoms with E-state index in [9.17, 15) is 9.90 Å². The van der Waals surface area contributed by atoms with E-state index in [1.807, 2.05) is 13.0 Å². The summed E-state index contributed by atoms with van der Waals surface area (Å²) in [6.07, 6.45) is 6.20. The molecule has 0 spiro atoms. The molecule has 0 radical (unpaired) electrons. The highest BCUT2D eigenvalue weighted by Gasteiger charge is 2.45. The maximum atomic E-state index is 12.9. The highest BCUT2D eigenvalue weighted by Crippen LogP contribution is 2.46. The quantitative estimate of drug-likeness (QED) is 0.778. The van der Waals surface area contributed by atoms with Gasteiger partial charge in [0.1, 0.15) is 0 Å². The van der Waals surface area contributed by atoms with Crippen LogP contribution in [0.25, 0.3) is 0 Å². The van der Waals surface area contributed by atoms with Gasteiger partial charge in [0.05, 0.1) is 16.0 Å². The number of carbonyl (C=O) groups excluding carboxylic acids is 1. The minimum atomic E-state index is -0.803. The number of allylic oxidation sites excluding steroid dienone is 4. The first-order chi connectivity index (χ1) is 10.0. The Labute approximate surface area is 144 Å². The third kappa shape index (κ3) is 4.50. The van der Waals surface area contributed by atoms with E-state index in [2.05, 4.69) is 0 Å². The van der Waals surface area contributed by atoms with Crippen molar-refractivity contribution >= 4 is 29.1 Å². The summed E-state index contributed by atoms with van der Waals surface area (Å²) in [7, 11) is 3.54. The smallest absolute Gasteiger partial charge is 0.228 e. The zero-order valence-electron chi connectivity index (χ0n) is 14.1. The Morgan fingerprint density at radius 3 is 2.36 bits per heavy atom. The van der Waals surface area contributed by atoms with Crippen LogP contribution in [0.15, 0.2) is 22.2 Å². The fourth-order valence-electron chi connectivity index (χ4n) is 3.04. The number of carbonyl (C=O) groups is 1. The van der Waals surface area contributed by atoms with Gasteiger partial charge in [-0.05, 0) is 51.5 Å². The third-order valence-corrected chi connectivity index (χ3v) is 5.30. The molecular formula is C17H27Cl2NO2. The van der Waals surface area contributed by atoms with Crippen molar-refractivity contribution in [1.82, 2.24) is 4.90 Å². The Morgan fingerprint density at radius 1 is 1.36 bits per heavy atom. The van der Waals surface area contributed by atoms with Gasteiger partial charge in [-0.25, -0.2) is 0 Å². The predicted molar refractivity (Wildman–Crippen MR) is 92.9 cm³/mol. The van der Waals surface area contributed by atoms with E-state index in [0.717, 1.165) is 0 Å². The lowest BCUT2D eigenvalue weighted by atomic mass is 9.66. The van der Waals surface area contributed by atoms with Crippen LogP contribution in [0.4, 0.5) is 0 Å². The second-order valence-electron chi connectivity index (χ2n) is 6.94. The largest absolute Gasteiger partial charge is 0.390 e. The summed E-state index contributed by atoms with van der Waals surface area (Å²) in [5.41, 5.74) is -1.37. The molecule has 0 saturated carbocycles. The molecule has 1 unspecified atom stereocenters. The lowest BCUT2D eigenvalue weighted by molar-refractivity contribution is -0.143. The van der Waals surface area contributed by atoms with Gasteiger partial charge in [-0.15, -0.1) is 0 Å². The Kier molecular flexibility index (Phi) is 6.55. The first kappa shape index (κ1) is 19.5. The van der Waals surface area contributed by atoms with Crippen LogP contribution in [0.3, 0.4) is 0 Å². The molecule has 1 N–H and O–H groups in total. The van der Waals surface area contributed by atoms with E-state index in [-0.39, 0.29) is 11.8 Å². The van der Waals surface area contributed by atoms with Gasteiger partial charge in [-0.1, -0.05) is 36.2 Å². The topological polar surface area (TPSA) is 40.5 Å². The molecule has 0 aromatic heterocycles. The molecule has 5 heteroatoms. The van der Waals surface area contributed by atoms with Crippen molar-refractivity contribution in [3.63, 3.8) is 0 Å². The predicted octanol–water partition coefficient (Wildman–Crippen LogP) is 4.29. The van der Waals surface area contributed by atoms with Gasteiger partial charge in [0.2, 0.25) is 5.91 Å². The van der Waals surface area contributed by atoms with Gasteiger partial charge >= 0.3 is 0 Å². The molecule has 1 amide bonds. The van der Waals surface area contributed by atoms with Crippen LogP contribution >= 0.6 is 23.2 Å². The van der Waals surface area contributed by atoms with Crippen molar-refractivity contribution < 1.29 is 9.90 Å². The Morgan fingerprint density at radius 2 is 1.95 bits per heavy atom.